The van der Waals surface area contributed by atoms with Gasteiger partial charge in [0, 0.05) is 17.2 Å². The standard InChI is InChI=1S/C28H30N4O4S/c1-17-6-3-7-18(2)25(17)22-13-24-31-27(30-22)32-37(34,35)21-9-4-8-19(12-21)26(33)29-23(16-36-24)20-14-28(15-20)10-5-11-28/h3-4,6-9,12-13,20,23H,5,10-11,14-16H2,1-2H3,(H,29,33)(H,30,31,32). The Hall–Kier alpha value is -3.46. The fourth-order valence-electron chi connectivity index (χ4n) is 6.02. The van der Waals surface area contributed by atoms with Crippen LogP contribution in [-0.2, 0) is 10.0 Å². The summed E-state index contributed by atoms with van der Waals surface area (Å²) in [6.07, 6.45) is 5.93. The van der Waals surface area contributed by atoms with Crippen molar-refractivity contribution in [2.45, 2.75) is 56.9 Å². The first-order chi connectivity index (χ1) is 17.7. The molecule has 192 valence electrons. The van der Waals surface area contributed by atoms with Crippen LogP contribution in [0.15, 0.2) is 53.4 Å². The maximum Gasteiger partial charge on any atom is 0.264 e. The van der Waals surface area contributed by atoms with Gasteiger partial charge in [0.15, 0.2) is 0 Å². The van der Waals surface area contributed by atoms with Gasteiger partial charge in [-0.25, -0.2) is 18.1 Å². The quantitative estimate of drug-likeness (QED) is 0.512. The molecule has 1 spiro atoms. The molecule has 0 saturated heterocycles. The summed E-state index contributed by atoms with van der Waals surface area (Å²) in [5.41, 5.74) is 4.21. The minimum absolute atomic E-state index is 0.0310. The Labute approximate surface area is 216 Å². The van der Waals surface area contributed by atoms with Crippen LogP contribution in [0.2, 0.25) is 0 Å². The fraction of sp³-hybridized carbons (Fsp3) is 0.393. The molecule has 1 atom stereocenters. The van der Waals surface area contributed by atoms with Gasteiger partial charge < -0.3 is 10.1 Å². The van der Waals surface area contributed by atoms with Crippen molar-refractivity contribution < 1.29 is 17.9 Å². The number of carbonyl (C=O) groups is 1. The Balaban J connectivity index is 1.42. The molecule has 9 heteroatoms. The smallest absolute Gasteiger partial charge is 0.264 e. The molecule has 3 aliphatic rings. The first-order valence-corrected chi connectivity index (χ1v) is 14.2. The minimum Gasteiger partial charge on any atom is -0.475 e. The monoisotopic (exact) mass is 518 g/mol. The highest BCUT2D eigenvalue weighted by molar-refractivity contribution is 7.92. The second-order valence-corrected chi connectivity index (χ2v) is 12.4. The van der Waals surface area contributed by atoms with Crippen LogP contribution < -0.4 is 14.8 Å². The molecule has 4 bridgehead atoms. The normalized spacial score (nSPS) is 22.1. The summed E-state index contributed by atoms with van der Waals surface area (Å²) in [4.78, 5) is 22.1. The molecule has 2 N–H and O–H groups in total. The van der Waals surface area contributed by atoms with Crippen molar-refractivity contribution in [3.05, 3.63) is 65.2 Å². The van der Waals surface area contributed by atoms with Gasteiger partial charge in [-0.1, -0.05) is 30.7 Å². The van der Waals surface area contributed by atoms with Crippen LogP contribution in [0.4, 0.5) is 5.95 Å². The third kappa shape index (κ3) is 4.45. The molecule has 1 unspecified atom stereocenters. The lowest BCUT2D eigenvalue weighted by atomic mass is 9.50. The molecule has 1 aliphatic heterocycles. The molecule has 2 aliphatic carbocycles. The highest BCUT2D eigenvalue weighted by Gasteiger charge is 2.50. The number of benzene rings is 2. The third-order valence-electron chi connectivity index (χ3n) is 8.17. The largest absolute Gasteiger partial charge is 0.475 e. The van der Waals surface area contributed by atoms with E-state index in [1.165, 1.54) is 31.4 Å². The van der Waals surface area contributed by atoms with Crippen LogP contribution >= 0.6 is 0 Å². The predicted octanol–water partition coefficient (Wildman–Crippen LogP) is 4.63. The van der Waals surface area contributed by atoms with Crippen molar-refractivity contribution in [1.29, 1.82) is 0 Å². The van der Waals surface area contributed by atoms with E-state index in [1.54, 1.807) is 18.2 Å². The maximum atomic E-state index is 13.2. The van der Waals surface area contributed by atoms with E-state index in [2.05, 4.69) is 20.0 Å². The molecule has 2 saturated carbocycles. The number of fused-ring (bicyclic) bond motifs is 4. The minimum atomic E-state index is -4.05. The molecule has 37 heavy (non-hydrogen) atoms. The van der Waals surface area contributed by atoms with Gasteiger partial charge in [0.2, 0.25) is 11.8 Å². The summed E-state index contributed by atoms with van der Waals surface area (Å²) in [7, 11) is -4.05. The van der Waals surface area contributed by atoms with E-state index in [4.69, 9.17) is 4.74 Å². The van der Waals surface area contributed by atoms with Crippen LogP contribution in [-0.4, -0.2) is 36.9 Å². The lowest BCUT2D eigenvalue weighted by molar-refractivity contribution is -0.0452. The number of amides is 1. The number of nitrogens with one attached hydrogen (secondary N) is 2. The summed E-state index contributed by atoms with van der Waals surface area (Å²) >= 11 is 0. The Morgan fingerprint density at radius 3 is 2.43 bits per heavy atom. The molecule has 3 aromatic rings. The van der Waals surface area contributed by atoms with Crippen molar-refractivity contribution in [3.8, 4) is 17.1 Å². The fourth-order valence-corrected chi connectivity index (χ4v) is 7.01. The average Bonchev–Trinajstić information content (AvgIpc) is 2.80. The first-order valence-electron chi connectivity index (χ1n) is 12.7. The number of anilines is 1. The molecular weight excluding hydrogens is 488 g/mol. The van der Waals surface area contributed by atoms with E-state index < -0.39 is 10.0 Å². The second kappa shape index (κ2) is 8.83. The zero-order valence-electron chi connectivity index (χ0n) is 21.0. The van der Waals surface area contributed by atoms with Gasteiger partial charge in [0.1, 0.15) is 6.61 Å². The molecule has 1 aromatic heterocycles. The molecule has 8 nitrogen and oxygen atoms in total. The van der Waals surface area contributed by atoms with Crippen molar-refractivity contribution in [3.63, 3.8) is 0 Å². The Kier molecular flexibility index (Phi) is 5.71. The number of sulfonamides is 1. The van der Waals surface area contributed by atoms with Gasteiger partial charge in [-0.15, -0.1) is 0 Å². The summed E-state index contributed by atoms with van der Waals surface area (Å²) < 4.78 is 35.1. The van der Waals surface area contributed by atoms with E-state index in [0.717, 1.165) is 29.5 Å². The summed E-state index contributed by atoms with van der Waals surface area (Å²) in [6.45, 7) is 4.21. The maximum absolute atomic E-state index is 13.2. The number of rotatable bonds is 2. The zero-order chi connectivity index (χ0) is 25.8. The highest BCUT2D eigenvalue weighted by atomic mass is 32.2. The Bertz CT molecular complexity index is 1470. The Morgan fingerprint density at radius 2 is 1.73 bits per heavy atom. The van der Waals surface area contributed by atoms with Crippen LogP contribution in [0.5, 0.6) is 5.88 Å². The molecule has 2 aromatic carbocycles. The number of aromatic nitrogens is 2. The molecule has 2 fully saturated rings. The van der Waals surface area contributed by atoms with Gasteiger partial charge in [-0.2, -0.15) is 4.98 Å². The molecule has 1 amide bonds. The zero-order valence-corrected chi connectivity index (χ0v) is 21.8. The first kappa shape index (κ1) is 23.9. The highest BCUT2D eigenvalue weighted by Crippen LogP contribution is 2.59. The van der Waals surface area contributed by atoms with E-state index in [1.807, 2.05) is 32.0 Å². The van der Waals surface area contributed by atoms with Gasteiger partial charge >= 0.3 is 0 Å². The van der Waals surface area contributed by atoms with E-state index in [0.29, 0.717) is 17.0 Å². The van der Waals surface area contributed by atoms with Crippen LogP contribution in [0.1, 0.15) is 53.6 Å². The van der Waals surface area contributed by atoms with Crippen molar-refractivity contribution in [1.82, 2.24) is 15.3 Å². The molecular formula is C28H30N4O4S. The summed E-state index contributed by atoms with van der Waals surface area (Å²) in [6, 6.07) is 13.5. The number of ether oxygens (including phenoxy) is 1. The second-order valence-electron chi connectivity index (χ2n) is 10.7. The Morgan fingerprint density at radius 1 is 1.00 bits per heavy atom. The van der Waals surface area contributed by atoms with Crippen LogP contribution in [0, 0.1) is 25.2 Å². The number of hydrogen-bond donors (Lipinski definition) is 2. The van der Waals surface area contributed by atoms with Gasteiger partial charge in [-0.05, 0) is 80.2 Å². The van der Waals surface area contributed by atoms with Crippen LogP contribution in [0.3, 0.4) is 0 Å². The van der Waals surface area contributed by atoms with Crippen LogP contribution in [0.25, 0.3) is 11.3 Å². The van der Waals surface area contributed by atoms with E-state index in [-0.39, 0.29) is 40.8 Å². The van der Waals surface area contributed by atoms with Gasteiger partial charge in [-0.3, -0.25) is 4.79 Å². The number of carbonyl (C=O) groups excluding carboxylic acids is 1. The van der Waals surface area contributed by atoms with Gasteiger partial charge in [0.25, 0.3) is 15.9 Å². The molecule has 0 radical (unpaired) electrons. The summed E-state index contributed by atoms with van der Waals surface area (Å²) in [5, 5.41) is 3.13. The number of hydrogen-bond acceptors (Lipinski definition) is 6. The van der Waals surface area contributed by atoms with E-state index in [9.17, 15) is 13.2 Å². The third-order valence-corrected chi connectivity index (χ3v) is 9.50. The average molecular weight is 519 g/mol. The topological polar surface area (TPSA) is 110 Å². The molecule has 6 rings (SSSR count). The van der Waals surface area contributed by atoms with Crippen molar-refractivity contribution in [2.24, 2.45) is 11.3 Å². The molecule has 2 heterocycles. The predicted molar refractivity (Wildman–Crippen MR) is 140 cm³/mol. The lowest BCUT2D eigenvalue weighted by Crippen LogP contribution is -2.54. The summed E-state index contributed by atoms with van der Waals surface area (Å²) in [5.74, 6) is 0.174. The van der Waals surface area contributed by atoms with Gasteiger partial charge in [0.05, 0.1) is 16.6 Å². The van der Waals surface area contributed by atoms with E-state index >= 15 is 0 Å². The lowest BCUT2D eigenvalue weighted by Gasteiger charge is -2.56. The number of nitrogens with zero attached hydrogens (tertiary/aromatic N) is 2. The number of aryl methyl sites for hydroxylation is 2. The SMILES string of the molecule is Cc1cccc(C)c1-c1cc2nc(n1)NS(=O)(=O)c1cccc(c1)C(=O)NC(C1CC3(CCC3)C1)CO2. The van der Waals surface area contributed by atoms with Crippen molar-refractivity contribution >= 4 is 21.9 Å². The van der Waals surface area contributed by atoms with Crippen molar-refractivity contribution in [2.75, 3.05) is 11.3 Å².